The zero-order chi connectivity index (χ0) is 20.5. The molecule has 0 radical (unpaired) electrons. The number of nitriles is 1. The van der Waals surface area contributed by atoms with Gasteiger partial charge in [-0.2, -0.15) is 5.26 Å². The van der Waals surface area contributed by atoms with Crippen LogP contribution >= 0.6 is 11.8 Å². The van der Waals surface area contributed by atoms with Gasteiger partial charge in [0.05, 0.1) is 13.0 Å². The number of ether oxygens (including phenoxy) is 2. The number of amides is 1. The minimum atomic E-state index is -0.503. The molecular formula is C21H22N2O4S. The van der Waals surface area contributed by atoms with E-state index in [9.17, 15) is 9.59 Å². The van der Waals surface area contributed by atoms with E-state index >= 15 is 0 Å². The highest BCUT2D eigenvalue weighted by molar-refractivity contribution is 8.03. The fourth-order valence-electron chi connectivity index (χ4n) is 2.58. The zero-order valence-corrected chi connectivity index (χ0v) is 16.9. The molecule has 1 N–H and O–H groups in total. The van der Waals surface area contributed by atoms with E-state index in [-0.39, 0.29) is 19.6 Å². The molecular weight excluding hydrogens is 376 g/mol. The zero-order valence-electron chi connectivity index (χ0n) is 16.1. The van der Waals surface area contributed by atoms with Gasteiger partial charge in [0, 0.05) is 10.6 Å². The monoisotopic (exact) mass is 398 g/mol. The molecule has 0 spiro atoms. The van der Waals surface area contributed by atoms with Crippen LogP contribution in [0.25, 0.3) is 0 Å². The Labute approximate surface area is 168 Å². The van der Waals surface area contributed by atoms with E-state index in [4.69, 9.17) is 14.7 Å². The van der Waals surface area contributed by atoms with Gasteiger partial charge in [-0.05, 0) is 73.5 Å². The first kappa shape index (κ1) is 21.3. The average molecular weight is 398 g/mol. The van der Waals surface area contributed by atoms with Crippen molar-refractivity contribution in [2.45, 2.75) is 32.1 Å². The number of hydrogen-bond donors (Lipinski definition) is 1. The lowest BCUT2D eigenvalue weighted by Gasteiger charge is -2.13. The highest BCUT2D eigenvalue weighted by Crippen LogP contribution is 2.27. The van der Waals surface area contributed by atoms with Crippen LogP contribution in [0.5, 0.6) is 5.75 Å². The summed E-state index contributed by atoms with van der Waals surface area (Å²) in [7, 11) is 0. The molecule has 0 fully saturated rings. The Morgan fingerprint density at radius 1 is 1.14 bits per heavy atom. The van der Waals surface area contributed by atoms with Gasteiger partial charge >= 0.3 is 5.97 Å². The molecule has 0 saturated heterocycles. The molecule has 0 aliphatic carbocycles. The van der Waals surface area contributed by atoms with Crippen LogP contribution in [-0.4, -0.2) is 25.1 Å². The Balaban J connectivity index is 1.77. The predicted molar refractivity (Wildman–Crippen MR) is 108 cm³/mol. The minimum absolute atomic E-state index is 0.0549. The summed E-state index contributed by atoms with van der Waals surface area (Å²) >= 11 is 1.06. The van der Waals surface area contributed by atoms with Gasteiger partial charge in [0.2, 0.25) is 0 Å². The number of carbonyl (C=O) groups excluding carboxylic acids is 2. The van der Waals surface area contributed by atoms with E-state index in [1.807, 2.05) is 62.6 Å². The second-order valence-corrected chi connectivity index (χ2v) is 7.11. The summed E-state index contributed by atoms with van der Waals surface area (Å²) in [4.78, 5) is 24.7. The second kappa shape index (κ2) is 10.4. The molecule has 6 nitrogen and oxygen atoms in total. The second-order valence-electron chi connectivity index (χ2n) is 6.25. The Kier molecular flexibility index (Phi) is 7.90. The van der Waals surface area contributed by atoms with Gasteiger partial charge in [-0.25, -0.2) is 0 Å². The van der Waals surface area contributed by atoms with Crippen LogP contribution in [0, 0.1) is 31.4 Å². The molecule has 0 unspecified atom stereocenters. The topological polar surface area (TPSA) is 88.4 Å². The number of hydrogen-bond acceptors (Lipinski definition) is 6. The third-order valence-electron chi connectivity index (χ3n) is 3.86. The molecule has 0 aliphatic heterocycles. The van der Waals surface area contributed by atoms with Gasteiger partial charge in [0.1, 0.15) is 11.2 Å². The summed E-state index contributed by atoms with van der Waals surface area (Å²) in [5.74, 6) is -0.230. The summed E-state index contributed by atoms with van der Waals surface area (Å²) in [5.41, 5.74) is 3.40. The Morgan fingerprint density at radius 3 is 2.50 bits per heavy atom. The van der Waals surface area contributed by atoms with Crippen LogP contribution in [0.4, 0.5) is 5.69 Å². The highest BCUT2D eigenvalue weighted by Gasteiger charge is 2.12. The molecule has 2 rings (SSSR count). The minimum Gasteiger partial charge on any atom is -0.493 e. The first-order valence-corrected chi connectivity index (χ1v) is 9.53. The van der Waals surface area contributed by atoms with E-state index < -0.39 is 11.9 Å². The number of esters is 1. The molecule has 146 valence electrons. The molecule has 2 aromatic rings. The summed E-state index contributed by atoms with van der Waals surface area (Å²) in [6, 6.07) is 11.2. The standard InChI is InChI=1S/C21H22N2O4S/c1-14-5-4-6-17(9-14)26-8-7-20(25)27-12-19(24)23-21-15(2)10-18(28-13-22)11-16(21)3/h4-6,9-11H,7-8,12H2,1-3H3,(H,23,24). The van der Waals surface area contributed by atoms with Crippen molar-refractivity contribution in [2.75, 3.05) is 18.5 Å². The molecule has 0 bridgehead atoms. The van der Waals surface area contributed by atoms with Gasteiger partial charge in [-0.15, -0.1) is 0 Å². The average Bonchev–Trinajstić information content (AvgIpc) is 2.63. The van der Waals surface area contributed by atoms with Crippen LogP contribution in [0.2, 0.25) is 0 Å². The van der Waals surface area contributed by atoms with Gasteiger partial charge in [0.15, 0.2) is 6.61 Å². The van der Waals surface area contributed by atoms with Crippen molar-refractivity contribution in [3.63, 3.8) is 0 Å². The van der Waals surface area contributed by atoms with Crippen LogP contribution in [0.15, 0.2) is 41.3 Å². The molecule has 7 heteroatoms. The molecule has 0 heterocycles. The number of nitrogens with zero attached hydrogens (tertiary/aromatic N) is 1. The van der Waals surface area contributed by atoms with Gasteiger partial charge in [-0.3, -0.25) is 9.59 Å². The lowest BCUT2D eigenvalue weighted by atomic mass is 10.1. The fraction of sp³-hybridized carbons (Fsp3) is 0.286. The van der Waals surface area contributed by atoms with Crippen molar-refractivity contribution in [2.24, 2.45) is 0 Å². The Morgan fingerprint density at radius 2 is 1.86 bits per heavy atom. The first-order chi connectivity index (χ1) is 13.4. The predicted octanol–water partition coefficient (Wildman–Crippen LogP) is 4.14. The molecule has 0 atom stereocenters. The molecule has 1 amide bonds. The summed E-state index contributed by atoms with van der Waals surface area (Å²) in [6.07, 6.45) is 0.0549. The van der Waals surface area contributed by atoms with Crippen LogP contribution < -0.4 is 10.1 Å². The summed E-state index contributed by atoms with van der Waals surface area (Å²) in [6.45, 7) is 5.47. The van der Waals surface area contributed by atoms with Crippen LogP contribution in [0.1, 0.15) is 23.1 Å². The third-order valence-corrected chi connectivity index (χ3v) is 4.43. The van der Waals surface area contributed by atoms with Crippen molar-refractivity contribution in [3.05, 3.63) is 53.1 Å². The Hall–Kier alpha value is -2.98. The number of carbonyl (C=O) groups is 2. The van der Waals surface area contributed by atoms with Crippen molar-refractivity contribution in [1.29, 1.82) is 5.26 Å². The van der Waals surface area contributed by atoms with E-state index in [0.717, 1.165) is 33.3 Å². The van der Waals surface area contributed by atoms with Crippen molar-refractivity contribution in [3.8, 4) is 11.2 Å². The number of thioether (sulfide) groups is 1. The number of aryl methyl sites for hydroxylation is 3. The number of nitrogens with one attached hydrogen (secondary N) is 1. The molecule has 0 aliphatic rings. The molecule has 2 aromatic carbocycles. The van der Waals surface area contributed by atoms with E-state index in [1.165, 1.54) is 0 Å². The summed E-state index contributed by atoms with van der Waals surface area (Å²) < 4.78 is 10.5. The number of thiocyanates is 1. The number of benzene rings is 2. The smallest absolute Gasteiger partial charge is 0.309 e. The van der Waals surface area contributed by atoms with Crippen LogP contribution in [-0.2, 0) is 14.3 Å². The lowest BCUT2D eigenvalue weighted by Crippen LogP contribution is -2.22. The number of rotatable bonds is 8. The van der Waals surface area contributed by atoms with E-state index in [1.54, 1.807) is 0 Å². The van der Waals surface area contributed by atoms with E-state index in [2.05, 4.69) is 5.32 Å². The van der Waals surface area contributed by atoms with Crippen molar-refractivity contribution < 1.29 is 19.1 Å². The van der Waals surface area contributed by atoms with Crippen LogP contribution in [0.3, 0.4) is 0 Å². The highest BCUT2D eigenvalue weighted by atomic mass is 32.2. The third kappa shape index (κ3) is 6.63. The SMILES string of the molecule is Cc1cccc(OCCC(=O)OCC(=O)Nc2c(C)cc(SC#N)cc2C)c1. The maximum atomic E-state index is 12.1. The molecule has 0 saturated carbocycles. The van der Waals surface area contributed by atoms with Crippen molar-refractivity contribution >= 4 is 29.3 Å². The fourth-order valence-corrected chi connectivity index (χ4v) is 3.16. The van der Waals surface area contributed by atoms with Gasteiger partial charge < -0.3 is 14.8 Å². The number of anilines is 1. The molecule has 0 aromatic heterocycles. The van der Waals surface area contributed by atoms with Gasteiger partial charge in [0.25, 0.3) is 5.91 Å². The quantitative estimate of drug-likeness (QED) is 0.408. The lowest BCUT2D eigenvalue weighted by molar-refractivity contribution is -0.147. The maximum absolute atomic E-state index is 12.1. The largest absolute Gasteiger partial charge is 0.493 e. The maximum Gasteiger partial charge on any atom is 0.309 e. The van der Waals surface area contributed by atoms with Gasteiger partial charge in [-0.1, -0.05) is 12.1 Å². The first-order valence-electron chi connectivity index (χ1n) is 8.71. The van der Waals surface area contributed by atoms with E-state index in [0.29, 0.717) is 11.4 Å². The molecule has 28 heavy (non-hydrogen) atoms. The normalized spacial score (nSPS) is 10.1. The van der Waals surface area contributed by atoms with Crippen molar-refractivity contribution in [1.82, 2.24) is 0 Å². The summed E-state index contributed by atoms with van der Waals surface area (Å²) in [5, 5.41) is 13.5. The Bertz CT molecular complexity index is 883.